The molecule has 0 aromatic heterocycles. The van der Waals surface area contributed by atoms with Crippen LogP contribution >= 0.6 is 0 Å². The molecule has 4 fully saturated rings. The van der Waals surface area contributed by atoms with Crippen LogP contribution in [0, 0.1) is 34.5 Å². The van der Waals surface area contributed by atoms with Crippen molar-refractivity contribution in [1.29, 1.82) is 0 Å². The van der Waals surface area contributed by atoms with Gasteiger partial charge in [0.1, 0.15) is 0 Å². The summed E-state index contributed by atoms with van der Waals surface area (Å²) in [6.45, 7) is 11.4. The summed E-state index contributed by atoms with van der Waals surface area (Å²) in [5, 5.41) is 14.4. The number of allylic oxidation sites excluding steroid dienone is 1. The molecule has 4 rings (SSSR count). The smallest absolute Gasteiger partial charge is 0.0543 e. The molecular weight excluding hydrogens is 344 g/mol. The van der Waals surface area contributed by atoms with Gasteiger partial charge >= 0.3 is 0 Å². The molecule has 0 aromatic carbocycles. The van der Waals surface area contributed by atoms with Gasteiger partial charge in [-0.05, 0) is 105 Å². The first-order chi connectivity index (χ1) is 13.4. The van der Waals surface area contributed by atoms with E-state index in [0.29, 0.717) is 34.6 Å². The van der Waals surface area contributed by atoms with E-state index < -0.39 is 0 Å². The van der Waals surface area contributed by atoms with Gasteiger partial charge in [0.05, 0.1) is 6.10 Å². The zero-order chi connectivity index (χ0) is 19.9. The first-order valence-electron chi connectivity index (χ1n) is 12.2. The van der Waals surface area contributed by atoms with E-state index in [1.54, 1.807) is 0 Å². The van der Waals surface area contributed by atoms with Gasteiger partial charge in [0, 0.05) is 6.04 Å². The Balaban J connectivity index is 1.54. The summed E-state index contributed by atoms with van der Waals surface area (Å²) in [6, 6.07) is 0.710. The van der Waals surface area contributed by atoms with E-state index >= 15 is 0 Å². The van der Waals surface area contributed by atoms with E-state index in [9.17, 15) is 5.11 Å². The van der Waals surface area contributed by atoms with Crippen molar-refractivity contribution in [2.75, 3.05) is 13.1 Å². The minimum atomic E-state index is -0.111. The number of nitrogens with two attached hydrogens (primary N) is 1. The molecule has 160 valence electrons. The Morgan fingerprint density at radius 1 is 1.07 bits per heavy atom. The summed E-state index contributed by atoms with van der Waals surface area (Å²) >= 11 is 0. The summed E-state index contributed by atoms with van der Waals surface area (Å²) < 4.78 is 0. The maximum absolute atomic E-state index is 10.5. The van der Waals surface area contributed by atoms with Crippen molar-refractivity contribution in [2.45, 2.75) is 96.6 Å². The second-order valence-corrected chi connectivity index (χ2v) is 11.2. The normalized spacial score (nSPS) is 47.4. The monoisotopic (exact) mass is 388 g/mol. The Bertz CT molecular complexity index is 571. The number of hydrogen-bond donors (Lipinski definition) is 3. The first-order valence-corrected chi connectivity index (χ1v) is 12.2. The lowest BCUT2D eigenvalue weighted by Crippen LogP contribution is -2.54. The number of nitrogens with one attached hydrogen (secondary N) is 1. The average Bonchev–Trinajstić information content (AvgIpc) is 3.30. The van der Waals surface area contributed by atoms with Crippen LogP contribution in [0.5, 0.6) is 0 Å². The van der Waals surface area contributed by atoms with Crippen LogP contribution < -0.4 is 11.1 Å². The van der Waals surface area contributed by atoms with E-state index in [1.165, 1.54) is 56.9 Å². The standard InChI is InChI=1S/C25H44N2O/c1-17-8-9-22-21(15-26)23(11-13-24(17,22)2)25(3)12-10-20(28)14-18(25)16-27-19-6-4-5-7-19/h18-23,27-28H,1,4-16,26H2,2-3H3/t18-,20+,21-,22?,23?,24+,25+/m1/s1. The molecule has 3 heteroatoms. The highest BCUT2D eigenvalue weighted by Crippen LogP contribution is 2.63. The predicted octanol–water partition coefficient (Wildman–Crippen LogP) is 4.64. The van der Waals surface area contributed by atoms with Crippen molar-refractivity contribution in [1.82, 2.24) is 5.32 Å². The van der Waals surface area contributed by atoms with Gasteiger partial charge in [-0.2, -0.15) is 0 Å². The quantitative estimate of drug-likeness (QED) is 0.601. The number of rotatable bonds is 5. The predicted molar refractivity (Wildman–Crippen MR) is 117 cm³/mol. The van der Waals surface area contributed by atoms with Crippen molar-refractivity contribution >= 4 is 0 Å². The number of aliphatic hydroxyl groups excluding tert-OH is 1. The Hall–Kier alpha value is -0.380. The third kappa shape index (κ3) is 3.50. The van der Waals surface area contributed by atoms with E-state index in [2.05, 4.69) is 25.7 Å². The van der Waals surface area contributed by atoms with Crippen LogP contribution in [-0.2, 0) is 0 Å². The van der Waals surface area contributed by atoms with Crippen LogP contribution in [0.25, 0.3) is 0 Å². The van der Waals surface area contributed by atoms with Crippen molar-refractivity contribution in [3.63, 3.8) is 0 Å². The molecule has 0 amide bonds. The van der Waals surface area contributed by atoms with Crippen molar-refractivity contribution in [2.24, 2.45) is 40.2 Å². The Morgan fingerprint density at radius 3 is 2.54 bits per heavy atom. The fraction of sp³-hybridized carbons (Fsp3) is 0.920. The molecule has 0 aliphatic heterocycles. The van der Waals surface area contributed by atoms with Gasteiger partial charge in [-0.25, -0.2) is 0 Å². The molecule has 0 aromatic rings. The second-order valence-electron chi connectivity index (χ2n) is 11.2. The van der Waals surface area contributed by atoms with Gasteiger partial charge in [-0.15, -0.1) is 0 Å². The van der Waals surface area contributed by atoms with Gasteiger partial charge in [-0.1, -0.05) is 38.8 Å². The topological polar surface area (TPSA) is 58.3 Å². The van der Waals surface area contributed by atoms with Gasteiger partial charge in [-0.3, -0.25) is 0 Å². The third-order valence-corrected chi connectivity index (χ3v) is 10.0. The van der Waals surface area contributed by atoms with Crippen LogP contribution in [0.3, 0.4) is 0 Å². The molecule has 28 heavy (non-hydrogen) atoms. The summed E-state index contributed by atoms with van der Waals surface area (Å²) in [7, 11) is 0. The van der Waals surface area contributed by atoms with E-state index in [1.807, 2.05) is 0 Å². The minimum absolute atomic E-state index is 0.111. The number of aliphatic hydroxyl groups is 1. The molecule has 0 bridgehead atoms. The molecule has 0 spiro atoms. The first kappa shape index (κ1) is 20.9. The highest BCUT2D eigenvalue weighted by atomic mass is 16.3. The molecule has 3 nitrogen and oxygen atoms in total. The number of hydrogen-bond acceptors (Lipinski definition) is 3. The highest BCUT2D eigenvalue weighted by Gasteiger charge is 2.56. The summed E-state index contributed by atoms with van der Waals surface area (Å²) in [4.78, 5) is 0. The van der Waals surface area contributed by atoms with Crippen LogP contribution in [0.15, 0.2) is 12.2 Å². The zero-order valence-electron chi connectivity index (χ0n) is 18.4. The Labute approximate surface area is 172 Å². The van der Waals surface area contributed by atoms with Crippen molar-refractivity contribution in [3.8, 4) is 0 Å². The fourth-order valence-corrected chi connectivity index (χ4v) is 7.98. The van der Waals surface area contributed by atoms with E-state index in [0.717, 1.165) is 38.3 Å². The van der Waals surface area contributed by atoms with Crippen molar-refractivity contribution < 1.29 is 5.11 Å². The van der Waals surface area contributed by atoms with Crippen LogP contribution in [0.2, 0.25) is 0 Å². The lowest BCUT2D eigenvalue weighted by molar-refractivity contribution is -0.0785. The Morgan fingerprint density at radius 2 is 1.82 bits per heavy atom. The van der Waals surface area contributed by atoms with Gasteiger partial charge < -0.3 is 16.2 Å². The maximum Gasteiger partial charge on any atom is 0.0543 e. The molecule has 0 heterocycles. The van der Waals surface area contributed by atoms with Crippen LogP contribution in [-0.4, -0.2) is 30.3 Å². The van der Waals surface area contributed by atoms with Crippen molar-refractivity contribution in [3.05, 3.63) is 12.2 Å². The molecule has 0 radical (unpaired) electrons. The molecule has 4 aliphatic rings. The lowest BCUT2D eigenvalue weighted by atomic mass is 9.49. The lowest BCUT2D eigenvalue weighted by Gasteiger charge is -2.57. The average molecular weight is 389 g/mol. The van der Waals surface area contributed by atoms with Gasteiger partial charge in [0.25, 0.3) is 0 Å². The second kappa shape index (κ2) is 8.04. The molecule has 4 aliphatic carbocycles. The molecule has 0 saturated heterocycles. The van der Waals surface area contributed by atoms with Gasteiger partial charge in [0.2, 0.25) is 0 Å². The zero-order valence-corrected chi connectivity index (χ0v) is 18.4. The molecule has 4 N–H and O–H groups in total. The maximum atomic E-state index is 10.5. The Kier molecular flexibility index (Phi) is 5.99. The van der Waals surface area contributed by atoms with Crippen LogP contribution in [0.4, 0.5) is 0 Å². The SMILES string of the molecule is C=C1CCC2[C@@H](CN)C([C@@]3(C)CC[C@H](O)C[C@@H]3CNC3CCCC3)CC[C@@]12C. The largest absolute Gasteiger partial charge is 0.393 e. The minimum Gasteiger partial charge on any atom is -0.393 e. The molecular formula is C25H44N2O. The number of fused-ring (bicyclic) bond motifs is 1. The highest BCUT2D eigenvalue weighted by molar-refractivity contribution is 5.21. The fourth-order valence-electron chi connectivity index (χ4n) is 7.98. The van der Waals surface area contributed by atoms with E-state index in [4.69, 9.17) is 5.73 Å². The molecule has 4 saturated carbocycles. The summed E-state index contributed by atoms with van der Waals surface area (Å²) in [5.74, 6) is 2.61. The summed E-state index contributed by atoms with van der Waals surface area (Å²) in [5.41, 5.74) is 8.58. The molecule has 2 unspecified atom stereocenters. The van der Waals surface area contributed by atoms with E-state index in [-0.39, 0.29) is 6.10 Å². The summed E-state index contributed by atoms with van der Waals surface area (Å²) in [6.07, 6.45) is 13.5. The molecule has 7 atom stereocenters. The third-order valence-electron chi connectivity index (χ3n) is 10.0. The van der Waals surface area contributed by atoms with Crippen LogP contribution in [0.1, 0.15) is 84.5 Å². The van der Waals surface area contributed by atoms with Gasteiger partial charge in [0.15, 0.2) is 0 Å².